The highest BCUT2D eigenvalue weighted by Gasteiger charge is 2.70. The number of esters is 1. The average Bonchev–Trinajstić information content (AvgIpc) is 3.38. The summed E-state index contributed by atoms with van der Waals surface area (Å²) in [5.74, 6) is -0.0102. The summed E-state index contributed by atoms with van der Waals surface area (Å²) in [6.07, 6.45) is 12.2. The summed E-state index contributed by atoms with van der Waals surface area (Å²) in [6, 6.07) is -0.0764. The van der Waals surface area contributed by atoms with Gasteiger partial charge in [-0.15, -0.1) is 0 Å². The molecular formula is C43H65N3O6. The number of fused-ring (bicyclic) bond motifs is 7. The van der Waals surface area contributed by atoms with Crippen LogP contribution >= 0.6 is 0 Å². The Morgan fingerprint density at radius 1 is 0.962 bits per heavy atom. The number of carbonyl (C=O) groups is 3. The SMILES string of the molecule is CC(C)C1=C2[C@H]3CC[C@@H]4[C@@]5(C)CC[C@H](OC(=O)CC(C)(C)C(=O)O)C(C)(C)[C@@H]5CC[C@@]4(C)[C@]3(C)CC[C@@]2([C@@H](O)CN[C@H](C)c2cnccn2)CC1=O. The predicted molar refractivity (Wildman–Crippen MR) is 200 cm³/mol. The minimum atomic E-state index is -1.17. The quantitative estimate of drug-likeness (QED) is 0.206. The maximum atomic E-state index is 14.0. The first-order chi connectivity index (χ1) is 24.2. The van der Waals surface area contributed by atoms with E-state index in [1.54, 1.807) is 32.4 Å². The molecule has 0 bridgehead atoms. The molecule has 0 spiro atoms. The van der Waals surface area contributed by atoms with E-state index in [0.717, 1.165) is 62.6 Å². The van der Waals surface area contributed by atoms with E-state index in [-0.39, 0.29) is 57.8 Å². The van der Waals surface area contributed by atoms with Gasteiger partial charge in [0.15, 0.2) is 5.78 Å². The van der Waals surface area contributed by atoms with Crippen molar-refractivity contribution in [3.63, 3.8) is 0 Å². The third-order valence-electron chi connectivity index (χ3n) is 16.1. The number of aliphatic carboxylic acids is 1. The smallest absolute Gasteiger partial charge is 0.309 e. The zero-order valence-corrected chi connectivity index (χ0v) is 33.5. The third kappa shape index (κ3) is 5.90. The van der Waals surface area contributed by atoms with Gasteiger partial charge in [0.2, 0.25) is 0 Å². The molecule has 0 aromatic carbocycles. The van der Waals surface area contributed by atoms with E-state index in [1.165, 1.54) is 5.57 Å². The number of aromatic nitrogens is 2. The Morgan fingerprint density at radius 3 is 2.31 bits per heavy atom. The Morgan fingerprint density at radius 2 is 1.67 bits per heavy atom. The normalized spacial score (nSPS) is 38.1. The topological polar surface area (TPSA) is 139 Å². The molecule has 288 valence electrons. The molecule has 10 atom stereocenters. The largest absolute Gasteiger partial charge is 0.481 e. The monoisotopic (exact) mass is 719 g/mol. The number of hydrogen-bond acceptors (Lipinski definition) is 8. The lowest BCUT2D eigenvalue weighted by Crippen LogP contribution is -2.66. The zero-order chi connectivity index (χ0) is 38.2. The number of nitrogens with zero attached hydrogens (tertiary/aromatic N) is 2. The molecule has 1 aromatic heterocycles. The molecule has 5 aliphatic rings. The van der Waals surface area contributed by atoms with Gasteiger partial charge in [0.1, 0.15) is 6.10 Å². The number of carboxylic acids is 1. The Bertz CT molecular complexity index is 1600. The summed E-state index contributed by atoms with van der Waals surface area (Å²) in [7, 11) is 0. The molecule has 0 aliphatic heterocycles. The van der Waals surface area contributed by atoms with E-state index in [1.807, 2.05) is 6.92 Å². The van der Waals surface area contributed by atoms with Gasteiger partial charge in [-0.2, -0.15) is 0 Å². The standard InChI is InChI=1S/C43H65N3O6/c1-25(2)35-29(47)21-43(32(48)24-46-26(3)28-23-44-19-20-45-28)18-17-41(9)27(36(35)43)11-12-31-40(8)15-14-33(52-34(49)22-38(4,5)37(50)51)39(6,7)30(40)13-16-42(31,41)10/h19-20,23,25-27,30-33,46,48H,11-18,21-22,24H2,1-10H3,(H,50,51)/t26-,27-,30+,31-,32+,33+,40+,41-,42-,43+/m1/s1. The molecule has 3 N–H and O–H groups in total. The van der Waals surface area contributed by atoms with Crippen LogP contribution in [0.15, 0.2) is 29.7 Å². The molecule has 52 heavy (non-hydrogen) atoms. The number of hydrogen-bond donors (Lipinski definition) is 3. The summed E-state index contributed by atoms with van der Waals surface area (Å²) in [5, 5.41) is 25.3. The van der Waals surface area contributed by atoms with Crippen LogP contribution in [0.2, 0.25) is 0 Å². The number of rotatable bonds is 10. The first-order valence-corrected chi connectivity index (χ1v) is 20.0. The fraction of sp³-hybridized carbons (Fsp3) is 0.791. The van der Waals surface area contributed by atoms with Crippen LogP contribution in [0, 0.1) is 56.2 Å². The van der Waals surface area contributed by atoms with Gasteiger partial charge in [-0.1, -0.05) is 54.0 Å². The van der Waals surface area contributed by atoms with Gasteiger partial charge in [0.25, 0.3) is 0 Å². The maximum absolute atomic E-state index is 14.0. The molecule has 4 fully saturated rings. The number of ether oxygens (including phenoxy) is 1. The Kier molecular flexibility index (Phi) is 9.97. The van der Waals surface area contributed by atoms with Gasteiger partial charge < -0.3 is 20.3 Å². The molecule has 0 unspecified atom stereocenters. The summed E-state index contributed by atoms with van der Waals surface area (Å²) in [4.78, 5) is 47.6. The molecule has 1 aromatic rings. The molecule has 0 radical (unpaired) electrons. The fourth-order valence-electron chi connectivity index (χ4n) is 13.0. The molecule has 0 saturated heterocycles. The van der Waals surface area contributed by atoms with Crippen molar-refractivity contribution in [3.8, 4) is 0 Å². The summed E-state index contributed by atoms with van der Waals surface area (Å²) >= 11 is 0. The van der Waals surface area contributed by atoms with Crippen molar-refractivity contribution in [1.82, 2.24) is 15.3 Å². The maximum Gasteiger partial charge on any atom is 0.309 e. The highest BCUT2D eigenvalue weighted by Crippen LogP contribution is 2.77. The van der Waals surface area contributed by atoms with Gasteiger partial charge in [-0.25, -0.2) is 0 Å². The minimum Gasteiger partial charge on any atom is -0.481 e. The summed E-state index contributed by atoms with van der Waals surface area (Å²) in [6.45, 7) is 22.0. The molecule has 5 aliphatic carbocycles. The van der Waals surface area contributed by atoms with Gasteiger partial charge in [-0.3, -0.25) is 24.4 Å². The third-order valence-corrected chi connectivity index (χ3v) is 16.1. The second-order valence-electron chi connectivity index (χ2n) is 19.8. The van der Waals surface area contributed by atoms with Crippen molar-refractivity contribution in [1.29, 1.82) is 0 Å². The highest BCUT2D eigenvalue weighted by atomic mass is 16.5. The van der Waals surface area contributed by atoms with E-state index in [0.29, 0.717) is 24.8 Å². The second-order valence-corrected chi connectivity index (χ2v) is 19.8. The van der Waals surface area contributed by atoms with Crippen LogP contribution in [0.1, 0.15) is 145 Å². The molecule has 9 nitrogen and oxygen atoms in total. The summed E-state index contributed by atoms with van der Waals surface area (Å²) < 4.78 is 6.16. The van der Waals surface area contributed by atoms with Crippen molar-refractivity contribution in [2.45, 2.75) is 152 Å². The molecule has 0 amide bonds. The van der Waals surface area contributed by atoms with Crippen molar-refractivity contribution in [2.75, 3.05) is 6.54 Å². The Hall–Kier alpha value is -2.65. The minimum absolute atomic E-state index is 0.0244. The van der Waals surface area contributed by atoms with Crippen LogP contribution < -0.4 is 5.32 Å². The first-order valence-electron chi connectivity index (χ1n) is 20.0. The number of carboxylic acid groups (broad SMARTS) is 1. The van der Waals surface area contributed by atoms with Crippen LogP contribution in [-0.4, -0.2) is 56.7 Å². The van der Waals surface area contributed by atoms with E-state index >= 15 is 0 Å². The molecule has 9 heteroatoms. The number of nitrogens with one attached hydrogen (secondary N) is 1. The Labute approximate surface area is 311 Å². The Balaban J connectivity index is 1.27. The molecule has 6 rings (SSSR count). The number of ketones is 1. The van der Waals surface area contributed by atoms with Crippen LogP contribution in [0.5, 0.6) is 0 Å². The fourth-order valence-corrected chi connectivity index (χ4v) is 13.0. The predicted octanol–water partition coefficient (Wildman–Crippen LogP) is 7.88. The van der Waals surface area contributed by atoms with E-state index in [9.17, 15) is 24.6 Å². The van der Waals surface area contributed by atoms with Crippen LogP contribution in [-0.2, 0) is 19.1 Å². The lowest BCUT2D eigenvalue weighted by molar-refractivity contribution is -0.235. The highest BCUT2D eigenvalue weighted by molar-refractivity contribution is 6.00. The first kappa shape index (κ1) is 39.1. The number of aliphatic hydroxyl groups is 1. The van der Waals surface area contributed by atoms with E-state index < -0.39 is 28.9 Å². The number of Topliss-reactive ketones (excluding diaryl/α,β-unsaturated/α-hetero) is 1. The number of aliphatic hydroxyl groups excluding tert-OH is 1. The van der Waals surface area contributed by atoms with Gasteiger partial charge in [0.05, 0.1) is 23.6 Å². The average molecular weight is 720 g/mol. The number of allylic oxidation sites excluding steroid dienone is 1. The van der Waals surface area contributed by atoms with Gasteiger partial charge in [0, 0.05) is 48.4 Å². The van der Waals surface area contributed by atoms with Crippen LogP contribution in [0.25, 0.3) is 0 Å². The second kappa shape index (κ2) is 13.3. The van der Waals surface area contributed by atoms with Crippen LogP contribution in [0.3, 0.4) is 0 Å². The van der Waals surface area contributed by atoms with Crippen LogP contribution in [0.4, 0.5) is 0 Å². The van der Waals surface area contributed by atoms with Crippen molar-refractivity contribution in [2.24, 2.45) is 56.2 Å². The van der Waals surface area contributed by atoms with Crippen molar-refractivity contribution >= 4 is 17.7 Å². The zero-order valence-electron chi connectivity index (χ0n) is 33.5. The molecule has 1 heterocycles. The van der Waals surface area contributed by atoms with E-state index in [2.05, 4.69) is 63.8 Å². The number of carbonyl (C=O) groups excluding carboxylic acids is 2. The van der Waals surface area contributed by atoms with Crippen molar-refractivity contribution in [3.05, 3.63) is 35.4 Å². The van der Waals surface area contributed by atoms with Crippen molar-refractivity contribution < 1.29 is 29.3 Å². The van der Waals surface area contributed by atoms with Gasteiger partial charge in [-0.05, 0) is 118 Å². The summed E-state index contributed by atoms with van der Waals surface area (Å²) in [5.41, 5.74) is 1.19. The van der Waals surface area contributed by atoms with Gasteiger partial charge >= 0.3 is 11.9 Å². The van der Waals surface area contributed by atoms with E-state index in [4.69, 9.17) is 4.74 Å². The lowest BCUT2D eigenvalue weighted by Gasteiger charge is -2.72. The molecular weight excluding hydrogens is 654 g/mol. The lowest BCUT2D eigenvalue weighted by atomic mass is 9.33. The molecule has 4 saturated carbocycles.